The number of benzene rings is 2. The van der Waals surface area contributed by atoms with Crippen LogP contribution in [0.3, 0.4) is 0 Å². The third-order valence-electron chi connectivity index (χ3n) is 4.52. The van der Waals surface area contributed by atoms with Crippen molar-refractivity contribution in [2.45, 2.75) is 31.1 Å². The summed E-state index contributed by atoms with van der Waals surface area (Å²) in [6.07, 6.45) is 1.50. The SMILES string of the molecule is CC(C)(C)c1ccc(C(=O)NCC(=O)Nc2ccc(S(=O)(=O)Nc3nccs3)cc2)cc1. The number of carbonyl (C=O) groups excluding carboxylic acids is 2. The van der Waals surface area contributed by atoms with Crippen molar-refractivity contribution in [2.24, 2.45) is 0 Å². The lowest BCUT2D eigenvalue weighted by Gasteiger charge is -2.19. The van der Waals surface area contributed by atoms with Crippen LogP contribution in [-0.4, -0.2) is 31.8 Å². The lowest BCUT2D eigenvalue weighted by atomic mass is 9.87. The molecule has 1 aromatic heterocycles. The van der Waals surface area contributed by atoms with Crippen LogP contribution in [0.4, 0.5) is 10.8 Å². The van der Waals surface area contributed by atoms with Crippen molar-refractivity contribution in [1.29, 1.82) is 0 Å². The van der Waals surface area contributed by atoms with E-state index in [9.17, 15) is 18.0 Å². The van der Waals surface area contributed by atoms with Crippen LogP contribution < -0.4 is 15.4 Å². The molecule has 2 amide bonds. The Bertz CT molecular complexity index is 1180. The van der Waals surface area contributed by atoms with E-state index in [0.717, 1.165) is 5.56 Å². The van der Waals surface area contributed by atoms with Gasteiger partial charge in [0, 0.05) is 22.8 Å². The van der Waals surface area contributed by atoms with E-state index in [2.05, 4.69) is 41.1 Å². The van der Waals surface area contributed by atoms with Crippen molar-refractivity contribution in [1.82, 2.24) is 10.3 Å². The third kappa shape index (κ3) is 6.14. The summed E-state index contributed by atoms with van der Waals surface area (Å²) in [5.41, 5.74) is 1.97. The number of hydrogen-bond donors (Lipinski definition) is 3. The quantitative estimate of drug-likeness (QED) is 0.486. The number of sulfonamides is 1. The van der Waals surface area contributed by atoms with Crippen LogP contribution in [0.25, 0.3) is 0 Å². The number of carbonyl (C=O) groups is 2. The highest BCUT2D eigenvalue weighted by Crippen LogP contribution is 2.22. The highest BCUT2D eigenvalue weighted by atomic mass is 32.2. The maximum Gasteiger partial charge on any atom is 0.263 e. The number of rotatable bonds is 7. The van der Waals surface area contributed by atoms with Crippen LogP contribution in [0, 0.1) is 0 Å². The third-order valence-corrected chi connectivity index (χ3v) is 6.70. The molecule has 0 spiro atoms. The molecular weight excluding hydrogens is 448 g/mol. The van der Waals surface area contributed by atoms with Crippen LogP contribution >= 0.6 is 11.3 Å². The minimum Gasteiger partial charge on any atom is -0.343 e. The Balaban J connectivity index is 1.53. The molecule has 2 aromatic carbocycles. The Labute approximate surface area is 191 Å². The molecule has 0 aliphatic rings. The van der Waals surface area contributed by atoms with Gasteiger partial charge < -0.3 is 10.6 Å². The molecule has 0 saturated carbocycles. The largest absolute Gasteiger partial charge is 0.343 e. The Morgan fingerprint density at radius 2 is 1.66 bits per heavy atom. The summed E-state index contributed by atoms with van der Waals surface area (Å²) in [6.45, 7) is 6.05. The van der Waals surface area contributed by atoms with E-state index in [1.54, 1.807) is 17.5 Å². The maximum atomic E-state index is 12.3. The van der Waals surface area contributed by atoms with Crippen LogP contribution in [0.2, 0.25) is 0 Å². The van der Waals surface area contributed by atoms with Crippen molar-refractivity contribution in [3.63, 3.8) is 0 Å². The lowest BCUT2D eigenvalue weighted by molar-refractivity contribution is -0.115. The van der Waals surface area contributed by atoms with Gasteiger partial charge in [0.2, 0.25) is 5.91 Å². The first-order valence-electron chi connectivity index (χ1n) is 9.75. The molecule has 1 heterocycles. The van der Waals surface area contributed by atoms with Gasteiger partial charge in [-0.15, -0.1) is 11.3 Å². The molecule has 0 unspecified atom stereocenters. The molecule has 0 fully saturated rings. The number of anilines is 2. The molecule has 3 N–H and O–H groups in total. The fourth-order valence-corrected chi connectivity index (χ4v) is 4.54. The normalized spacial score (nSPS) is 11.6. The van der Waals surface area contributed by atoms with Crippen LogP contribution in [0.5, 0.6) is 0 Å². The average Bonchev–Trinajstić information content (AvgIpc) is 3.24. The summed E-state index contributed by atoms with van der Waals surface area (Å²) < 4.78 is 27.1. The highest BCUT2D eigenvalue weighted by molar-refractivity contribution is 7.93. The molecule has 0 atom stereocenters. The number of hydrogen-bond acceptors (Lipinski definition) is 6. The minimum absolute atomic E-state index is 0.0132. The summed E-state index contributed by atoms with van der Waals surface area (Å²) in [5, 5.41) is 7.13. The molecule has 0 aliphatic heterocycles. The topological polar surface area (TPSA) is 117 Å². The molecule has 0 saturated heterocycles. The van der Waals surface area contributed by atoms with Gasteiger partial charge in [-0.3, -0.25) is 14.3 Å². The van der Waals surface area contributed by atoms with Gasteiger partial charge >= 0.3 is 0 Å². The second-order valence-electron chi connectivity index (χ2n) is 8.03. The number of nitrogens with zero attached hydrogens (tertiary/aromatic N) is 1. The first-order valence-corrected chi connectivity index (χ1v) is 12.1. The van der Waals surface area contributed by atoms with Crippen LogP contribution in [0.15, 0.2) is 65.0 Å². The van der Waals surface area contributed by atoms with Crippen molar-refractivity contribution in [2.75, 3.05) is 16.6 Å². The molecule has 10 heteroatoms. The predicted molar refractivity (Wildman–Crippen MR) is 125 cm³/mol. The number of nitrogens with one attached hydrogen (secondary N) is 3. The first kappa shape index (κ1) is 23.4. The van der Waals surface area contributed by atoms with E-state index < -0.39 is 15.9 Å². The number of aromatic nitrogens is 1. The Morgan fingerprint density at radius 3 is 2.22 bits per heavy atom. The van der Waals surface area contributed by atoms with Crippen molar-refractivity contribution >= 4 is 44.0 Å². The molecule has 0 aliphatic carbocycles. The van der Waals surface area contributed by atoms with E-state index in [4.69, 9.17) is 0 Å². The molecule has 168 valence electrons. The van der Waals surface area contributed by atoms with E-state index in [-0.39, 0.29) is 27.9 Å². The molecule has 8 nitrogen and oxygen atoms in total. The Kier molecular flexibility index (Phi) is 6.95. The molecule has 32 heavy (non-hydrogen) atoms. The van der Waals surface area contributed by atoms with Gasteiger partial charge in [-0.2, -0.15) is 0 Å². The fraction of sp³-hybridized carbons (Fsp3) is 0.227. The van der Waals surface area contributed by atoms with Crippen molar-refractivity contribution in [3.8, 4) is 0 Å². The zero-order valence-corrected chi connectivity index (χ0v) is 19.5. The standard InChI is InChI=1S/C22H24N4O4S2/c1-22(2,3)16-6-4-15(5-7-16)20(28)24-14-19(27)25-17-8-10-18(11-9-17)32(29,30)26-21-23-12-13-31-21/h4-13H,14H2,1-3H3,(H,23,26)(H,24,28)(H,25,27). The highest BCUT2D eigenvalue weighted by Gasteiger charge is 2.16. The van der Waals surface area contributed by atoms with Crippen LogP contribution in [0.1, 0.15) is 36.7 Å². The maximum absolute atomic E-state index is 12.3. The lowest BCUT2D eigenvalue weighted by Crippen LogP contribution is -2.32. The molecule has 3 rings (SSSR count). The van der Waals surface area contributed by atoms with Gasteiger partial charge in [0.05, 0.1) is 11.4 Å². The minimum atomic E-state index is -3.76. The smallest absolute Gasteiger partial charge is 0.263 e. The number of amides is 2. The van der Waals surface area contributed by atoms with Gasteiger partial charge in [-0.1, -0.05) is 32.9 Å². The van der Waals surface area contributed by atoms with Gasteiger partial charge in [0.1, 0.15) is 0 Å². The summed E-state index contributed by atoms with van der Waals surface area (Å²) in [4.78, 5) is 28.4. The molecule has 0 radical (unpaired) electrons. The second kappa shape index (κ2) is 9.49. The summed E-state index contributed by atoms with van der Waals surface area (Å²) in [7, 11) is -3.76. The van der Waals surface area contributed by atoms with Crippen LogP contribution in [-0.2, 0) is 20.2 Å². The van der Waals surface area contributed by atoms with Gasteiger partial charge in [-0.25, -0.2) is 13.4 Å². The van der Waals surface area contributed by atoms with E-state index in [1.165, 1.54) is 41.8 Å². The van der Waals surface area contributed by atoms with E-state index in [0.29, 0.717) is 11.3 Å². The van der Waals surface area contributed by atoms with Crippen molar-refractivity contribution in [3.05, 3.63) is 71.2 Å². The molecule has 0 bridgehead atoms. The molecule has 3 aromatic rings. The van der Waals surface area contributed by atoms with E-state index >= 15 is 0 Å². The Hall–Kier alpha value is -3.24. The summed E-state index contributed by atoms with van der Waals surface area (Å²) in [6, 6.07) is 13.0. The van der Waals surface area contributed by atoms with Crippen molar-refractivity contribution < 1.29 is 18.0 Å². The first-order chi connectivity index (χ1) is 15.0. The zero-order chi connectivity index (χ0) is 23.4. The predicted octanol–water partition coefficient (Wildman–Crippen LogP) is 3.61. The zero-order valence-electron chi connectivity index (χ0n) is 17.9. The average molecular weight is 473 g/mol. The fourth-order valence-electron chi connectivity index (χ4n) is 2.75. The monoisotopic (exact) mass is 472 g/mol. The molecular formula is C22H24N4O4S2. The second-order valence-corrected chi connectivity index (χ2v) is 10.6. The summed E-state index contributed by atoms with van der Waals surface area (Å²) in [5.74, 6) is -0.781. The Morgan fingerprint density at radius 1 is 1.00 bits per heavy atom. The van der Waals surface area contributed by atoms with Gasteiger partial charge in [-0.05, 0) is 47.4 Å². The van der Waals surface area contributed by atoms with Gasteiger partial charge in [0.25, 0.3) is 15.9 Å². The van der Waals surface area contributed by atoms with Gasteiger partial charge in [0.15, 0.2) is 5.13 Å². The number of thiazole rings is 1. The summed E-state index contributed by atoms with van der Waals surface area (Å²) >= 11 is 1.17. The van der Waals surface area contributed by atoms with E-state index in [1.807, 2.05) is 12.1 Å².